The Hall–Kier alpha value is -1.67. The number of rotatable bonds is 34. The van der Waals surface area contributed by atoms with Gasteiger partial charge in [-0.25, -0.2) is 0 Å². The van der Waals surface area contributed by atoms with Gasteiger partial charge in [0, 0.05) is 0 Å². The minimum Gasteiger partial charge on any atom is -0.394 e. The van der Waals surface area contributed by atoms with Gasteiger partial charge in [0.05, 0.1) is 25.4 Å². The fraction of sp³-hybridized carbons (Fsp3) is 0.837. The molecule has 316 valence electrons. The maximum atomic E-state index is 13.0. The number of ether oxygens (including phenoxy) is 2. The van der Waals surface area contributed by atoms with Gasteiger partial charge in [-0.1, -0.05) is 121 Å². The molecule has 54 heavy (non-hydrogen) atoms. The van der Waals surface area contributed by atoms with Gasteiger partial charge in [0.1, 0.15) is 36.6 Å². The largest absolute Gasteiger partial charge is 0.394 e. The van der Waals surface area contributed by atoms with Crippen LogP contribution in [0.5, 0.6) is 0 Å². The highest BCUT2D eigenvalue weighted by molar-refractivity contribution is 5.80. The Bertz CT molecular complexity index is 976. The first-order valence-corrected chi connectivity index (χ1v) is 21.4. The van der Waals surface area contributed by atoms with Gasteiger partial charge >= 0.3 is 0 Å². The molecule has 9 unspecified atom stereocenters. The number of nitrogens with one attached hydrogen (secondary N) is 1. The maximum absolute atomic E-state index is 13.0. The molecule has 0 saturated carbocycles. The van der Waals surface area contributed by atoms with Crippen LogP contribution in [0.15, 0.2) is 36.5 Å². The number of unbranched alkanes of at least 4 members (excludes halogenated alkanes) is 16. The van der Waals surface area contributed by atoms with Crippen LogP contribution in [0.2, 0.25) is 0 Å². The van der Waals surface area contributed by atoms with E-state index in [0.29, 0.717) is 19.3 Å². The van der Waals surface area contributed by atoms with Gasteiger partial charge in [-0.05, 0) is 77.0 Å². The number of hydrogen-bond acceptors (Lipinski definition) is 10. The first-order valence-electron chi connectivity index (χ1n) is 21.4. The molecule has 9 atom stereocenters. The molecular formula is C43H79NO10. The Kier molecular flexibility index (Phi) is 31.2. The van der Waals surface area contributed by atoms with E-state index in [9.17, 15) is 40.5 Å². The summed E-state index contributed by atoms with van der Waals surface area (Å²) in [4.78, 5) is 13.0. The number of amides is 1. The quantitative estimate of drug-likeness (QED) is 0.0283. The van der Waals surface area contributed by atoms with Gasteiger partial charge in [0.25, 0.3) is 0 Å². The lowest BCUT2D eigenvalue weighted by molar-refractivity contribution is -0.303. The second-order valence-corrected chi connectivity index (χ2v) is 15.0. The molecule has 1 amide bonds. The minimum absolute atomic E-state index is 0.235. The first kappa shape index (κ1) is 50.3. The molecule has 0 radical (unpaired) electrons. The van der Waals surface area contributed by atoms with Crippen molar-refractivity contribution in [2.24, 2.45) is 0 Å². The summed E-state index contributed by atoms with van der Waals surface area (Å²) in [6, 6.07) is -1.19. The van der Waals surface area contributed by atoms with Crippen LogP contribution in [0.4, 0.5) is 0 Å². The van der Waals surface area contributed by atoms with E-state index in [1.807, 2.05) is 0 Å². The van der Waals surface area contributed by atoms with E-state index in [0.717, 1.165) is 51.4 Å². The molecule has 11 heteroatoms. The van der Waals surface area contributed by atoms with Crippen molar-refractivity contribution in [3.63, 3.8) is 0 Å². The molecule has 0 spiro atoms. The average molecular weight is 770 g/mol. The molecule has 1 rings (SSSR count). The Morgan fingerprint density at radius 1 is 0.630 bits per heavy atom. The zero-order valence-corrected chi connectivity index (χ0v) is 33.7. The van der Waals surface area contributed by atoms with Crippen LogP contribution in [0.25, 0.3) is 0 Å². The van der Waals surface area contributed by atoms with E-state index in [1.54, 1.807) is 0 Å². The second-order valence-electron chi connectivity index (χ2n) is 15.0. The second kappa shape index (κ2) is 33.5. The molecule has 0 aromatic heterocycles. The minimum atomic E-state index is -1.67. The van der Waals surface area contributed by atoms with Crippen molar-refractivity contribution in [2.75, 3.05) is 13.2 Å². The van der Waals surface area contributed by atoms with Crippen molar-refractivity contribution >= 4 is 5.91 Å². The molecule has 0 aromatic rings. The fourth-order valence-corrected chi connectivity index (χ4v) is 6.51. The van der Waals surface area contributed by atoms with Gasteiger partial charge in [0.2, 0.25) is 5.91 Å². The molecule has 1 fully saturated rings. The van der Waals surface area contributed by atoms with Crippen molar-refractivity contribution in [3.05, 3.63) is 36.5 Å². The predicted octanol–water partition coefficient (Wildman–Crippen LogP) is 6.05. The Labute approximate surface area is 326 Å². The van der Waals surface area contributed by atoms with Gasteiger partial charge in [-0.3, -0.25) is 4.79 Å². The third-order valence-electron chi connectivity index (χ3n) is 10.1. The van der Waals surface area contributed by atoms with Crippen LogP contribution in [0.1, 0.15) is 162 Å². The van der Waals surface area contributed by atoms with Crippen molar-refractivity contribution < 1.29 is 50.0 Å². The average Bonchev–Trinajstić information content (AvgIpc) is 3.17. The predicted molar refractivity (Wildman–Crippen MR) is 215 cm³/mol. The van der Waals surface area contributed by atoms with Crippen molar-refractivity contribution in [2.45, 2.75) is 217 Å². The van der Waals surface area contributed by atoms with Gasteiger partial charge in [-0.15, -0.1) is 0 Å². The van der Waals surface area contributed by atoms with E-state index in [4.69, 9.17) is 9.47 Å². The number of allylic oxidation sites excluding steroid dienone is 6. The summed E-state index contributed by atoms with van der Waals surface area (Å²) >= 11 is 0. The topological polar surface area (TPSA) is 189 Å². The van der Waals surface area contributed by atoms with Crippen LogP contribution in [0.3, 0.4) is 0 Å². The summed E-state index contributed by atoms with van der Waals surface area (Å²) in [5.74, 6) is -0.724. The number of carbonyl (C=O) groups excluding carboxylic acids is 1. The summed E-state index contributed by atoms with van der Waals surface area (Å²) in [5.41, 5.74) is 0. The molecule has 11 nitrogen and oxygen atoms in total. The van der Waals surface area contributed by atoms with Crippen molar-refractivity contribution in [1.82, 2.24) is 5.32 Å². The zero-order chi connectivity index (χ0) is 39.8. The number of hydrogen-bond donors (Lipinski definition) is 8. The van der Waals surface area contributed by atoms with Crippen LogP contribution in [0, 0.1) is 0 Å². The van der Waals surface area contributed by atoms with Crippen LogP contribution in [-0.2, 0) is 14.3 Å². The highest BCUT2D eigenvalue weighted by Gasteiger charge is 2.44. The normalized spacial score (nSPS) is 23.0. The Morgan fingerprint density at radius 2 is 1.11 bits per heavy atom. The van der Waals surface area contributed by atoms with E-state index < -0.39 is 74.2 Å². The van der Waals surface area contributed by atoms with Crippen LogP contribution in [-0.4, -0.2) is 110 Å². The lowest BCUT2D eigenvalue weighted by atomic mass is 9.98. The lowest BCUT2D eigenvalue weighted by Crippen LogP contribution is -2.60. The van der Waals surface area contributed by atoms with Gasteiger partial charge in [0.15, 0.2) is 6.29 Å². The van der Waals surface area contributed by atoms with Gasteiger partial charge < -0.3 is 50.5 Å². The van der Waals surface area contributed by atoms with E-state index in [-0.39, 0.29) is 12.8 Å². The molecule has 0 aromatic carbocycles. The molecule has 8 N–H and O–H groups in total. The summed E-state index contributed by atoms with van der Waals surface area (Å²) in [7, 11) is 0. The monoisotopic (exact) mass is 770 g/mol. The molecule has 1 aliphatic rings. The van der Waals surface area contributed by atoms with Gasteiger partial charge in [-0.2, -0.15) is 0 Å². The van der Waals surface area contributed by atoms with Crippen LogP contribution < -0.4 is 5.32 Å². The summed E-state index contributed by atoms with van der Waals surface area (Å²) in [5, 5.41) is 75.3. The van der Waals surface area contributed by atoms with Crippen molar-refractivity contribution in [3.8, 4) is 0 Å². The number of aliphatic hydroxyl groups excluding tert-OH is 7. The molecule has 1 aliphatic heterocycles. The maximum Gasteiger partial charge on any atom is 0.249 e. The molecule has 0 bridgehead atoms. The van der Waals surface area contributed by atoms with E-state index in [2.05, 4.69) is 55.6 Å². The standard InChI is InChI=1S/C43H79NO10/c1-3-5-7-9-11-13-15-16-17-18-19-21-22-24-26-28-30-35(46)38(48)34(33-53-43-41(51)40(50)39(49)37(32-45)54-43)44-42(52)36(47)31-29-27-25-23-20-14-12-10-8-6-4-2/h12,14,17-18,22,24,34-41,43,45-51H,3-11,13,15-16,19-21,23,25-33H2,1-2H3,(H,44,52)/b14-12-,18-17+,24-22+. The highest BCUT2D eigenvalue weighted by Crippen LogP contribution is 2.23. The number of carbonyl (C=O) groups is 1. The summed E-state index contributed by atoms with van der Waals surface area (Å²) in [6.45, 7) is 3.35. The Morgan fingerprint density at radius 3 is 1.69 bits per heavy atom. The van der Waals surface area contributed by atoms with Crippen LogP contribution >= 0.6 is 0 Å². The molecular weight excluding hydrogens is 690 g/mol. The third kappa shape index (κ3) is 23.4. The SMILES string of the molecule is CCCCC/C=C\CCCCCCC(O)C(=O)NC(COC1OC(CO)C(O)C(O)C1O)C(O)C(O)CCC/C=C/CC/C=C/CCCCCCCCC. The Balaban J connectivity index is 2.56. The number of aliphatic hydroxyl groups is 7. The van der Waals surface area contributed by atoms with Crippen molar-refractivity contribution in [1.29, 1.82) is 0 Å². The third-order valence-corrected chi connectivity index (χ3v) is 10.1. The summed E-state index contributed by atoms with van der Waals surface area (Å²) in [6.07, 6.45) is 24.9. The molecule has 0 aliphatic carbocycles. The smallest absolute Gasteiger partial charge is 0.249 e. The summed E-state index contributed by atoms with van der Waals surface area (Å²) < 4.78 is 11.0. The lowest BCUT2D eigenvalue weighted by Gasteiger charge is -2.40. The molecule has 1 heterocycles. The fourth-order valence-electron chi connectivity index (χ4n) is 6.51. The van der Waals surface area contributed by atoms with E-state index >= 15 is 0 Å². The zero-order valence-electron chi connectivity index (χ0n) is 33.7. The first-order chi connectivity index (χ1) is 26.2. The highest BCUT2D eigenvalue weighted by atomic mass is 16.7. The molecule has 1 saturated heterocycles. The van der Waals surface area contributed by atoms with E-state index in [1.165, 1.54) is 64.2 Å².